The van der Waals surface area contributed by atoms with E-state index in [0.29, 0.717) is 6.04 Å². The first-order chi connectivity index (χ1) is 9.24. The third-order valence-corrected chi connectivity index (χ3v) is 3.57. The molecule has 1 heterocycles. The number of nitrogens with two attached hydrogens (primary N) is 1. The van der Waals surface area contributed by atoms with Crippen LogP contribution in [0.15, 0.2) is 42.6 Å². The van der Waals surface area contributed by atoms with Crippen molar-refractivity contribution in [2.75, 3.05) is 5.32 Å². The number of nitrogens with zero attached hydrogens (tertiary/aromatic N) is 1. The van der Waals surface area contributed by atoms with E-state index >= 15 is 0 Å². The molecule has 0 aliphatic heterocycles. The molecule has 1 aromatic heterocycles. The molecule has 0 spiro atoms. The Balaban J connectivity index is 1.84. The molecule has 1 aliphatic carbocycles. The van der Waals surface area contributed by atoms with E-state index in [9.17, 15) is 0 Å². The highest BCUT2D eigenvalue weighted by molar-refractivity contribution is 5.45. The van der Waals surface area contributed by atoms with Crippen molar-refractivity contribution >= 4 is 5.82 Å². The Hall–Kier alpha value is -1.87. The lowest BCUT2D eigenvalue weighted by Gasteiger charge is -2.16. The standard InChI is InChI=1S/C16H19N3/c1-11-9-15(19-13-7-8-13)18-10-14(11)16(17)12-5-3-2-4-6-12/h2-6,9-10,13,16H,7-8,17H2,1H3,(H,18,19)/t16-/m1/s1. The summed E-state index contributed by atoms with van der Waals surface area (Å²) in [6.45, 7) is 2.10. The number of nitrogens with one attached hydrogen (secondary N) is 1. The molecule has 1 saturated carbocycles. The largest absolute Gasteiger partial charge is 0.367 e. The number of rotatable bonds is 4. The van der Waals surface area contributed by atoms with Gasteiger partial charge in [-0.15, -0.1) is 0 Å². The van der Waals surface area contributed by atoms with Crippen LogP contribution in [0.2, 0.25) is 0 Å². The van der Waals surface area contributed by atoms with E-state index < -0.39 is 0 Å². The van der Waals surface area contributed by atoms with E-state index in [1.165, 1.54) is 18.4 Å². The summed E-state index contributed by atoms with van der Waals surface area (Å²) in [5.74, 6) is 0.962. The maximum atomic E-state index is 6.32. The van der Waals surface area contributed by atoms with Crippen LogP contribution >= 0.6 is 0 Å². The van der Waals surface area contributed by atoms with Gasteiger partial charge in [0.2, 0.25) is 0 Å². The van der Waals surface area contributed by atoms with Crippen LogP contribution in [0.1, 0.15) is 35.6 Å². The number of benzene rings is 1. The second-order valence-electron chi connectivity index (χ2n) is 5.23. The zero-order valence-electron chi connectivity index (χ0n) is 11.1. The SMILES string of the molecule is Cc1cc(NC2CC2)ncc1[C@H](N)c1ccccc1. The minimum Gasteiger partial charge on any atom is -0.367 e. The lowest BCUT2D eigenvalue weighted by molar-refractivity contribution is 0.852. The van der Waals surface area contributed by atoms with E-state index in [1.807, 2.05) is 24.4 Å². The quantitative estimate of drug-likeness (QED) is 0.880. The molecular formula is C16H19N3. The predicted molar refractivity (Wildman–Crippen MR) is 78.1 cm³/mol. The summed E-state index contributed by atoms with van der Waals surface area (Å²) in [4.78, 5) is 4.48. The normalized spacial score (nSPS) is 16.1. The van der Waals surface area contributed by atoms with E-state index in [-0.39, 0.29) is 6.04 Å². The van der Waals surface area contributed by atoms with E-state index in [4.69, 9.17) is 5.73 Å². The van der Waals surface area contributed by atoms with Crippen molar-refractivity contribution in [3.8, 4) is 0 Å². The molecular weight excluding hydrogens is 234 g/mol. The molecule has 0 radical (unpaired) electrons. The number of anilines is 1. The fraction of sp³-hybridized carbons (Fsp3) is 0.312. The summed E-state index contributed by atoms with van der Waals surface area (Å²) >= 11 is 0. The molecule has 1 aromatic carbocycles. The third kappa shape index (κ3) is 2.76. The molecule has 1 fully saturated rings. The molecule has 3 rings (SSSR count). The van der Waals surface area contributed by atoms with Gasteiger partial charge in [-0.3, -0.25) is 0 Å². The molecule has 19 heavy (non-hydrogen) atoms. The summed E-state index contributed by atoms with van der Waals surface area (Å²) in [5.41, 5.74) is 9.72. The van der Waals surface area contributed by atoms with Crippen molar-refractivity contribution in [1.82, 2.24) is 4.98 Å². The smallest absolute Gasteiger partial charge is 0.126 e. The Morgan fingerprint density at radius 3 is 2.63 bits per heavy atom. The first kappa shape index (κ1) is 12.2. The van der Waals surface area contributed by atoms with Crippen molar-refractivity contribution < 1.29 is 0 Å². The van der Waals surface area contributed by atoms with Crippen molar-refractivity contribution in [3.05, 3.63) is 59.3 Å². The Labute approximate surface area is 113 Å². The third-order valence-electron chi connectivity index (χ3n) is 3.57. The molecule has 3 nitrogen and oxygen atoms in total. The van der Waals surface area contributed by atoms with E-state index in [2.05, 4.69) is 35.4 Å². The van der Waals surface area contributed by atoms with Crippen LogP contribution in [0, 0.1) is 6.92 Å². The van der Waals surface area contributed by atoms with Crippen LogP contribution in [0.4, 0.5) is 5.82 Å². The van der Waals surface area contributed by atoms with Gasteiger partial charge in [0.25, 0.3) is 0 Å². The van der Waals surface area contributed by atoms with E-state index in [0.717, 1.165) is 16.9 Å². The number of aromatic nitrogens is 1. The van der Waals surface area contributed by atoms with Gasteiger partial charge in [-0.2, -0.15) is 0 Å². The monoisotopic (exact) mass is 253 g/mol. The van der Waals surface area contributed by atoms with E-state index in [1.54, 1.807) is 0 Å². The highest BCUT2D eigenvalue weighted by Crippen LogP contribution is 2.27. The zero-order chi connectivity index (χ0) is 13.2. The van der Waals surface area contributed by atoms with Crippen molar-refractivity contribution in [2.45, 2.75) is 31.8 Å². The van der Waals surface area contributed by atoms with Crippen LogP contribution in [0.25, 0.3) is 0 Å². The molecule has 2 aromatic rings. The van der Waals surface area contributed by atoms with Gasteiger partial charge in [-0.25, -0.2) is 4.98 Å². The van der Waals surface area contributed by atoms with Crippen LogP contribution in [-0.2, 0) is 0 Å². The average Bonchev–Trinajstić information content (AvgIpc) is 3.23. The Morgan fingerprint density at radius 2 is 2.00 bits per heavy atom. The maximum Gasteiger partial charge on any atom is 0.126 e. The van der Waals surface area contributed by atoms with Gasteiger partial charge in [0.15, 0.2) is 0 Å². The summed E-state index contributed by atoms with van der Waals surface area (Å²) < 4.78 is 0. The topological polar surface area (TPSA) is 50.9 Å². The first-order valence-corrected chi connectivity index (χ1v) is 6.77. The lowest BCUT2D eigenvalue weighted by atomic mass is 9.97. The Kier molecular flexibility index (Phi) is 3.22. The number of hydrogen-bond acceptors (Lipinski definition) is 3. The Morgan fingerprint density at radius 1 is 1.26 bits per heavy atom. The van der Waals surface area contributed by atoms with Gasteiger partial charge >= 0.3 is 0 Å². The predicted octanol–water partition coefficient (Wildman–Crippen LogP) is 3.01. The molecule has 98 valence electrons. The first-order valence-electron chi connectivity index (χ1n) is 6.77. The van der Waals surface area contributed by atoms with Crippen LogP contribution < -0.4 is 11.1 Å². The van der Waals surface area contributed by atoms with Gasteiger partial charge in [0.05, 0.1) is 6.04 Å². The van der Waals surface area contributed by atoms with Crippen LogP contribution in [0.5, 0.6) is 0 Å². The number of hydrogen-bond donors (Lipinski definition) is 2. The molecule has 0 unspecified atom stereocenters. The summed E-state index contributed by atoms with van der Waals surface area (Å²) in [6, 6.07) is 12.8. The van der Waals surface area contributed by atoms with Gasteiger partial charge in [0.1, 0.15) is 5.82 Å². The van der Waals surface area contributed by atoms with Crippen molar-refractivity contribution in [2.24, 2.45) is 5.73 Å². The maximum absolute atomic E-state index is 6.32. The molecule has 0 amide bonds. The lowest BCUT2D eigenvalue weighted by Crippen LogP contribution is -2.14. The fourth-order valence-corrected chi connectivity index (χ4v) is 2.25. The second kappa shape index (κ2) is 5.02. The average molecular weight is 253 g/mol. The molecule has 0 bridgehead atoms. The summed E-state index contributed by atoms with van der Waals surface area (Å²) in [7, 11) is 0. The van der Waals surface area contributed by atoms with Gasteiger partial charge in [-0.05, 0) is 42.5 Å². The highest BCUT2D eigenvalue weighted by atomic mass is 15.0. The molecule has 1 atom stereocenters. The fourth-order valence-electron chi connectivity index (χ4n) is 2.25. The molecule has 3 N–H and O–H groups in total. The molecule has 3 heteroatoms. The van der Waals surface area contributed by atoms with Gasteiger partial charge < -0.3 is 11.1 Å². The highest BCUT2D eigenvalue weighted by Gasteiger charge is 2.21. The summed E-state index contributed by atoms with van der Waals surface area (Å²) in [5, 5.41) is 3.41. The number of pyridine rings is 1. The summed E-state index contributed by atoms with van der Waals surface area (Å²) in [6.07, 6.45) is 4.41. The number of aryl methyl sites for hydroxylation is 1. The van der Waals surface area contributed by atoms with Gasteiger partial charge in [0, 0.05) is 12.2 Å². The Bertz CT molecular complexity index is 561. The van der Waals surface area contributed by atoms with Crippen molar-refractivity contribution in [1.29, 1.82) is 0 Å². The molecule has 0 saturated heterocycles. The van der Waals surface area contributed by atoms with Crippen molar-refractivity contribution in [3.63, 3.8) is 0 Å². The molecule has 1 aliphatic rings. The minimum absolute atomic E-state index is 0.108. The second-order valence-corrected chi connectivity index (χ2v) is 5.23. The van der Waals surface area contributed by atoms with Gasteiger partial charge in [-0.1, -0.05) is 30.3 Å². The minimum atomic E-state index is -0.108. The van der Waals surface area contributed by atoms with Crippen LogP contribution in [0.3, 0.4) is 0 Å². The zero-order valence-corrected chi connectivity index (χ0v) is 11.1. The van der Waals surface area contributed by atoms with Crippen LogP contribution in [-0.4, -0.2) is 11.0 Å².